The quantitative estimate of drug-likeness (QED) is 0.668. The monoisotopic (exact) mass is 223 g/mol. The summed E-state index contributed by atoms with van der Waals surface area (Å²) in [5.41, 5.74) is 3.38. The Morgan fingerprint density at radius 2 is 1.94 bits per heavy atom. The van der Waals surface area contributed by atoms with E-state index < -0.39 is 0 Å². The largest absolute Gasteiger partial charge is 0.324 e. The van der Waals surface area contributed by atoms with Crippen molar-refractivity contribution in [2.45, 2.75) is 13.5 Å². The Labute approximate surface area is 99.8 Å². The van der Waals surface area contributed by atoms with Gasteiger partial charge in [-0.1, -0.05) is 30.3 Å². The lowest BCUT2D eigenvalue weighted by Crippen LogP contribution is -2.01. The van der Waals surface area contributed by atoms with Gasteiger partial charge in [-0.2, -0.15) is 0 Å². The molecule has 2 heterocycles. The Balaban J connectivity index is 2.08. The van der Waals surface area contributed by atoms with Crippen molar-refractivity contribution in [1.82, 2.24) is 14.5 Å². The van der Waals surface area contributed by atoms with Crippen molar-refractivity contribution in [3.8, 4) is 0 Å². The van der Waals surface area contributed by atoms with Crippen molar-refractivity contribution in [1.29, 1.82) is 0 Å². The highest BCUT2D eigenvalue weighted by atomic mass is 15.1. The van der Waals surface area contributed by atoms with Gasteiger partial charge in [0.2, 0.25) is 0 Å². The lowest BCUT2D eigenvalue weighted by atomic mass is 10.2. The Morgan fingerprint density at radius 3 is 2.76 bits per heavy atom. The summed E-state index contributed by atoms with van der Waals surface area (Å²) < 4.78 is 2.21. The van der Waals surface area contributed by atoms with Crippen LogP contribution < -0.4 is 0 Å². The van der Waals surface area contributed by atoms with Gasteiger partial charge in [-0.15, -0.1) is 0 Å². The minimum atomic E-state index is 0.854. The molecule has 0 atom stereocenters. The number of imidazole rings is 1. The highest BCUT2D eigenvalue weighted by molar-refractivity contribution is 5.74. The minimum absolute atomic E-state index is 0.854. The van der Waals surface area contributed by atoms with Crippen LogP contribution in [0.3, 0.4) is 0 Å². The van der Waals surface area contributed by atoms with Crippen LogP contribution in [0.1, 0.15) is 11.4 Å². The molecule has 0 amide bonds. The maximum absolute atomic E-state index is 4.51. The summed E-state index contributed by atoms with van der Waals surface area (Å²) in [5, 5.41) is 0. The fourth-order valence-electron chi connectivity index (χ4n) is 2.07. The molecule has 0 spiro atoms. The van der Waals surface area contributed by atoms with E-state index in [0.29, 0.717) is 0 Å². The molecule has 3 aromatic rings. The van der Waals surface area contributed by atoms with Gasteiger partial charge >= 0.3 is 0 Å². The molecule has 0 aliphatic rings. The van der Waals surface area contributed by atoms with Crippen LogP contribution in [0.5, 0.6) is 0 Å². The molecular weight excluding hydrogens is 210 g/mol. The van der Waals surface area contributed by atoms with Crippen LogP contribution in [0.25, 0.3) is 11.0 Å². The van der Waals surface area contributed by atoms with Gasteiger partial charge < -0.3 is 4.57 Å². The summed E-state index contributed by atoms with van der Waals surface area (Å²) in [6.45, 7) is 2.89. The summed E-state index contributed by atoms with van der Waals surface area (Å²) in [4.78, 5) is 8.61. The van der Waals surface area contributed by atoms with Crippen LogP contribution in [0.4, 0.5) is 0 Å². The van der Waals surface area contributed by atoms with Gasteiger partial charge in [0.05, 0.1) is 11.7 Å². The Morgan fingerprint density at radius 1 is 1.12 bits per heavy atom. The number of fused-ring (bicyclic) bond motifs is 1. The average molecular weight is 223 g/mol. The lowest BCUT2D eigenvalue weighted by Gasteiger charge is -2.06. The van der Waals surface area contributed by atoms with Gasteiger partial charge in [0.1, 0.15) is 11.3 Å². The molecule has 84 valence electrons. The van der Waals surface area contributed by atoms with Crippen LogP contribution >= 0.6 is 0 Å². The first-order valence-corrected chi connectivity index (χ1v) is 5.65. The lowest BCUT2D eigenvalue weighted by molar-refractivity contribution is 0.786. The molecule has 1 aromatic carbocycles. The normalized spacial score (nSPS) is 10.9. The molecule has 3 rings (SSSR count). The van der Waals surface area contributed by atoms with Gasteiger partial charge in [-0.3, -0.25) is 4.98 Å². The second-order valence-electron chi connectivity index (χ2n) is 4.10. The summed E-state index contributed by atoms with van der Waals surface area (Å²) in [7, 11) is 0. The molecule has 0 radical (unpaired) electrons. The summed E-state index contributed by atoms with van der Waals surface area (Å²) in [6, 6.07) is 12.4. The Bertz CT molecular complexity index is 641. The first-order chi connectivity index (χ1) is 8.34. The van der Waals surface area contributed by atoms with Crippen molar-refractivity contribution in [3.05, 3.63) is 60.2 Å². The molecule has 0 unspecified atom stereocenters. The number of hydrogen-bond donors (Lipinski definition) is 0. The fourth-order valence-corrected chi connectivity index (χ4v) is 2.07. The molecule has 0 aliphatic carbocycles. The highest BCUT2D eigenvalue weighted by Gasteiger charge is 2.06. The summed E-state index contributed by atoms with van der Waals surface area (Å²) >= 11 is 0. The number of rotatable bonds is 2. The number of benzene rings is 1. The van der Waals surface area contributed by atoms with E-state index in [-0.39, 0.29) is 0 Å². The van der Waals surface area contributed by atoms with E-state index >= 15 is 0 Å². The molecule has 3 nitrogen and oxygen atoms in total. The molecule has 17 heavy (non-hydrogen) atoms. The van der Waals surface area contributed by atoms with Crippen LogP contribution in [-0.2, 0) is 6.54 Å². The number of pyridine rings is 1. The number of nitrogens with zero attached hydrogens (tertiary/aromatic N) is 3. The average Bonchev–Trinajstić information content (AvgIpc) is 2.68. The van der Waals surface area contributed by atoms with Gasteiger partial charge in [-0.25, -0.2) is 4.98 Å². The molecule has 2 aromatic heterocycles. The molecule has 0 aliphatic heterocycles. The third-order valence-corrected chi connectivity index (χ3v) is 2.92. The zero-order valence-corrected chi connectivity index (χ0v) is 9.67. The van der Waals surface area contributed by atoms with E-state index in [4.69, 9.17) is 0 Å². The number of aryl methyl sites for hydroxylation is 1. The third kappa shape index (κ3) is 1.80. The predicted molar refractivity (Wildman–Crippen MR) is 67.8 cm³/mol. The number of hydrogen-bond acceptors (Lipinski definition) is 2. The zero-order chi connectivity index (χ0) is 11.7. The molecule has 0 N–H and O–H groups in total. The zero-order valence-electron chi connectivity index (χ0n) is 9.67. The summed E-state index contributed by atoms with van der Waals surface area (Å²) in [6.07, 6.45) is 3.62. The van der Waals surface area contributed by atoms with Crippen molar-refractivity contribution >= 4 is 11.0 Å². The van der Waals surface area contributed by atoms with Gasteiger partial charge in [-0.05, 0) is 18.6 Å². The van der Waals surface area contributed by atoms with E-state index in [1.807, 2.05) is 31.5 Å². The molecule has 0 bridgehead atoms. The molecular formula is C14H13N3. The molecule has 0 fully saturated rings. The Hall–Kier alpha value is -2.16. The standard InChI is InChI=1S/C14H13N3/c1-11-16-13-9-15-8-7-14(13)17(11)10-12-5-3-2-4-6-12/h2-9H,10H2,1H3. The van der Waals surface area contributed by atoms with E-state index in [1.54, 1.807) is 0 Å². The van der Waals surface area contributed by atoms with Crippen LogP contribution in [0.2, 0.25) is 0 Å². The summed E-state index contributed by atoms with van der Waals surface area (Å²) in [5.74, 6) is 1.02. The topological polar surface area (TPSA) is 30.7 Å². The van der Waals surface area contributed by atoms with Crippen LogP contribution in [0, 0.1) is 6.92 Å². The van der Waals surface area contributed by atoms with Crippen LogP contribution in [-0.4, -0.2) is 14.5 Å². The Kier molecular flexibility index (Phi) is 2.37. The molecule has 0 saturated heterocycles. The first kappa shape index (κ1) is 10.0. The van der Waals surface area contributed by atoms with Gasteiger partial charge in [0.15, 0.2) is 0 Å². The highest BCUT2D eigenvalue weighted by Crippen LogP contribution is 2.16. The van der Waals surface area contributed by atoms with E-state index in [1.165, 1.54) is 5.56 Å². The second kappa shape index (κ2) is 4.01. The fraction of sp³-hybridized carbons (Fsp3) is 0.143. The van der Waals surface area contributed by atoms with Crippen molar-refractivity contribution in [2.24, 2.45) is 0 Å². The predicted octanol–water partition coefficient (Wildman–Crippen LogP) is 2.79. The van der Waals surface area contributed by atoms with Gasteiger partial charge in [0, 0.05) is 12.7 Å². The van der Waals surface area contributed by atoms with E-state index in [2.05, 4.69) is 38.8 Å². The molecule has 0 saturated carbocycles. The SMILES string of the molecule is Cc1nc2cnccc2n1Cc1ccccc1. The van der Waals surface area contributed by atoms with Gasteiger partial charge in [0.25, 0.3) is 0 Å². The first-order valence-electron chi connectivity index (χ1n) is 5.65. The smallest absolute Gasteiger partial charge is 0.107 e. The third-order valence-electron chi connectivity index (χ3n) is 2.92. The maximum atomic E-state index is 4.51. The maximum Gasteiger partial charge on any atom is 0.107 e. The van der Waals surface area contributed by atoms with Crippen molar-refractivity contribution in [3.63, 3.8) is 0 Å². The minimum Gasteiger partial charge on any atom is -0.324 e. The van der Waals surface area contributed by atoms with Crippen molar-refractivity contribution in [2.75, 3.05) is 0 Å². The van der Waals surface area contributed by atoms with Crippen LogP contribution in [0.15, 0.2) is 48.8 Å². The second-order valence-corrected chi connectivity index (χ2v) is 4.10. The van der Waals surface area contributed by atoms with E-state index in [0.717, 1.165) is 23.4 Å². The number of aromatic nitrogens is 3. The van der Waals surface area contributed by atoms with E-state index in [9.17, 15) is 0 Å². The molecule has 3 heteroatoms. The van der Waals surface area contributed by atoms with Crippen molar-refractivity contribution < 1.29 is 0 Å².